The number of carbonyl (C=O) groups is 3. The summed E-state index contributed by atoms with van der Waals surface area (Å²) in [5.41, 5.74) is 4.67. The zero-order chi connectivity index (χ0) is 31.4. The smallest absolute Gasteiger partial charge is 0.329 e. The Hall–Kier alpha value is -4.21. The van der Waals surface area contributed by atoms with Gasteiger partial charge in [0.05, 0.1) is 13.2 Å². The summed E-state index contributed by atoms with van der Waals surface area (Å²) < 4.78 is 11.5. The van der Waals surface area contributed by atoms with Crippen LogP contribution >= 0.6 is 0 Å². The number of carbonyl (C=O) groups excluding carboxylic acids is 3. The molecule has 0 bridgehead atoms. The second-order valence-electron chi connectivity index (χ2n) is 11.9. The minimum absolute atomic E-state index is 0.0446. The van der Waals surface area contributed by atoms with Crippen molar-refractivity contribution in [3.8, 4) is 11.1 Å². The molecule has 0 aliphatic carbocycles. The van der Waals surface area contributed by atoms with Crippen LogP contribution in [0.3, 0.4) is 0 Å². The van der Waals surface area contributed by atoms with Crippen LogP contribution in [0.1, 0.15) is 45.7 Å². The Bertz CT molecular complexity index is 1310. The fourth-order valence-electron chi connectivity index (χ4n) is 4.44. The summed E-state index contributed by atoms with van der Waals surface area (Å²) in [5, 5.41) is 12.2. The van der Waals surface area contributed by atoms with Gasteiger partial charge in [0.25, 0.3) is 5.91 Å². The Morgan fingerprint density at radius 3 is 1.95 bits per heavy atom. The molecule has 230 valence electrons. The van der Waals surface area contributed by atoms with E-state index in [1.807, 2.05) is 98.8 Å². The SMILES string of the molecule is CC(C)CN(CC(OCc1ccccc1)C(=O)NO)C(=O)N[C@@H](Cc1ccc(-c2ccccc2)cc1)C(=O)OC(C)(C)C. The second-order valence-corrected chi connectivity index (χ2v) is 11.9. The number of rotatable bonds is 13. The third-order valence-electron chi connectivity index (χ3n) is 6.45. The van der Waals surface area contributed by atoms with Gasteiger partial charge in [0.2, 0.25) is 0 Å². The zero-order valence-electron chi connectivity index (χ0n) is 25.6. The van der Waals surface area contributed by atoms with E-state index in [0.29, 0.717) is 0 Å². The highest BCUT2D eigenvalue weighted by Crippen LogP contribution is 2.20. The Morgan fingerprint density at radius 2 is 1.40 bits per heavy atom. The molecule has 0 aliphatic rings. The average molecular weight is 590 g/mol. The van der Waals surface area contributed by atoms with Gasteiger partial charge >= 0.3 is 12.0 Å². The normalized spacial score (nSPS) is 12.7. The molecule has 3 aromatic carbocycles. The maximum Gasteiger partial charge on any atom is 0.329 e. The molecule has 0 heterocycles. The van der Waals surface area contributed by atoms with Gasteiger partial charge in [-0.25, -0.2) is 15.1 Å². The molecule has 0 aliphatic heterocycles. The van der Waals surface area contributed by atoms with Crippen LogP contribution in [0.15, 0.2) is 84.9 Å². The molecular formula is C34H43N3O6. The maximum atomic E-state index is 13.7. The van der Waals surface area contributed by atoms with Crippen LogP contribution < -0.4 is 10.8 Å². The van der Waals surface area contributed by atoms with Crippen LogP contribution in [0, 0.1) is 5.92 Å². The molecule has 0 spiro atoms. The highest BCUT2D eigenvalue weighted by molar-refractivity contribution is 5.85. The number of esters is 1. The van der Waals surface area contributed by atoms with Crippen molar-refractivity contribution in [2.45, 2.75) is 65.4 Å². The third-order valence-corrected chi connectivity index (χ3v) is 6.45. The quantitative estimate of drug-likeness (QED) is 0.140. The third kappa shape index (κ3) is 11.2. The van der Waals surface area contributed by atoms with E-state index in [9.17, 15) is 19.6 Å². The first-order chi connectivity index (χ1) is 20.4. The van der Waals surface area contributed by atoms with E-state index in [2.05, 4.69) is 5.32 Å². The number of nitrogens with one attached hydrogen (secondary N) is 2. The van der Waals surface area contributed by atoms with Gasteiger partial charge in [0.15, 0.2) is 6.10 Å². The monoisotopic (exact) mass is 589 g/mol. The van der Waals surface area contributed by atoms with E-state index in [1.54, 1.807) is 26.3 Å². The van der Waals surface area contributed by atoms with Crippen molar-refractivity contribution >= 4 is 17.9 Å². The summed E-state index contributed by atoms with van der Waals surface area (Å²) in [6, 6.07) is 25.5. The number of ether oxygens (including phenoxy) is 2. The molecule has 0 saturated carbocycles. The highest BCUT2D eigenvalue weighted by atomic mass is 16.6. The molecule has 2 atom stereocenters. The van der Waals surface area contributed by atoms with Crippen LogP contribution in [0.4, 0.5) is 4.79 Å². The topological polar surface area (TPSA) is 117 Å². The molecule has 1 unspecified atom stereocenters. The summed E-state index contributed by atoms with van der Waals surface area (Å²) in [5.74, 6) is -1.30. The Balaban J connectivity index is 1.79. The van der Waals surface area contributed by atoms with Gasteiger partial charge < -0.3 is 19.7 Å². The summed E-state index contributed by atoms with van der Waals surface area (Å²) >= 11 is 0. The summed E-state index contributed by atoms with van der Waals surface area (Å²) in [7, 11) is 0. The van der Waals surface area contributed by atoms with Crippen LogP contribution in [0.5, 0.6) is 0 Å². The lowest BCUT2D eigenvalue weighted by molar-refractivity contribution is -0.157. The van der Waals surface area contributed by atoms with Crippen LogP contribution in [0.25, 0.3) is 11.1 Å². The molecule has 0 radical (unpaired) electrons. The van der Waals surface area contributed by atoms with Crippen molar-refractivity contribution in [3.05, 3.63) is 96.1 Å². The molecule has 3 rings (SSSR count). The lowest BCUT2D eigenvalue weighted by Crippen LogP contribution is -2.54. The first-order valence-corrected chi connectivity index (χ1v) is 14.5. The Kier molecular flexibility index (Phi) is 12.3. The van der Waals surface area contributed by atoms with Gasteiger partial charge in [-0.05, 0) is 48.9 Å². The van der Waals surface area contributed by atoms with Gasteiger partial charge in [-0.2, -0.15) is 0 Å². The van der Waals surface area contributed by atoms with Gasteiger partial charge in [0, 0.05) is 13.0 Å². The molecule has 0 fully saturated rings. The molecule has 9 nitrogen and oxygen atoms in total. The molecular weight excluding hydrogens is 546 g/mol. The Labute approximate surface area is 254 Å². The molecule has 3 aromatic rings. The number of hydroxylamine groups is 1. The van der Waals surface area contributed by atoms with E-state index in [0.717, 1.165) is 22.3 Å². The zero-order valence-corrected chi connectivity index (χ0v) is 25.6. The fourth-order valence-corrected chi connectivity index (χ4v) is 4.44. The summed E-state index contributed by atoms with van der Waals surface area (Å²) in [6.45, 7) is 9.43. The lowest BCUT2D eigenvalue weighted by atomic mass is 10.0. The van der Waals surface area contributed by atoms with Crippen molar-refractivity contribution in [3.63, 3.8) is 0 Å². The molecule has 43 heavy (non-hydrogen) atoms. The maximum absolute atomic E-state index is 13.7. The lowest BCUT2D eigenvalue weighted by Gasteiger charge is -2.31. The predicted molar refractivity (Wildman–Crippen MR) is 165 cm³/mol. The van der Waals surface area contributed by atoms with Crippen LogP contribution in [-0.4, -0.2) is 58.9 Å². The van der Waals surface area contributed by atoms with Crippen LogP contribution in [0.2, 0.25) is 0 Å². The number of hydrogen-bond donors (Lipinski definition) is 3. The van der Waals surface area contributed by atoms with E-state index in [4.69, 9.17) is 9.47 Å². The molecule has 0 aromatic heterocycles. The molecule has 3 N–H and O–H groups in total. The van der Waals surface area contributed by atoms with Crippen molar-refractivity contribution in [1.82, 2.24) is 15.7 Å². The predicted octanol–water partition coefficient (Wildman–Crippen LogP) is 5.36. The van der Waals surface area contributed by atoms with E-state index < -0.39 is 35.7 Å². The van der Waals surface area contributed by atoms with Crippen molar-refractivity contribution < 1.29 is 29.1 Å². The summed E-state index contributed by atoms with van der Waals surface area (Å²) in [4.78, 5) is 40.9. The van der Waals surface area contributed by atoms with E-state index in [1.165, 1.54) is 4.90 Å². The number of hydrogen-bond acceptors (Lipinski definition) is 6. The number of nitrogens with zero attached hydrogens (tertiary/aromatic N) is 1. The van der Waals surface area contributed by atoms with E-state index in [-0.39, 0.29) is 32.0 Å². The van der Waals surface area contributed by atoms with Crippen molar-refractivity contribution in [2.24, 2.45) is 5.92 Å². The van der Waals surface area contributed by atoms with E-state index >= 15 is 0 Å². The largest absolute Gasteiger partial charge is 0.458 e. The standard InChI is InChI=1S/C34H43N3O6/c1-24(2)21-37(22-30(31(38)36-41)42-23-26-12-8-6-9-13-26)33(40)35-29(32(39)43-34(3,4)5)20-25-16-18-28(19-17-25)27-14-10-7-11-15-27/h6-19,24,29-30,41H,20-23H2,1-5H3,(H,35,40)(H,36,38)/t29-,30?/m0/s1. The minimum Gasteiger partial charge on any atom is -0.458 e. The average Bonchev–Trinajstić information content (AvgIpc) is 2.98. The van der Waals surface area contributed by atoms with Crippen molar-refractivity contribution in [2.75, 3.05) is 13.1 Å². The van der Waals surface area contributed by atoms with Gasteiger partial charge in [-0.15, -0.1) is 0 Å². The number of benzene rings is 3. The second kappa shape index (κ2) is 15.9. The number of urea groups is 1. The first-order valence-electron chi connectivity index (χ1n) is 14.5. The van der Waals surface area contributed by atoms with Crippen molar-refractivity contribution in [1.29, 1.82) is 0 Å². The number of amides is 3. The highest BCUT2D eigenvalue weighted by Gasteiger charge is 2.31. The minimum atomic E-state index is -1.15. The van der Waals surface area contributed by atoms with Gasteiger partial charge in [0.1, 0.15) is 11.6 Å². The Morgan fingerprint density at radius 1 is 0.814 bits per heavy atom. The first kappa shape index (κ1) is 33.3. The van der Waals surface area contributed by atoms with Gasteiger partial charge in [-0.1, -0.05) is 98.8 Å². The molecule has 0 saturated heterocycles. The van der Waals surface area contributed by atoms with Crippen LogP contribution in [-0.2, 0) is 32.1 Å². The van der Waals surface area contributed by atoms with Gasteiger partial charge in [-0.3, -0.25) is 10.0 Å². The molecule has 3 amide bonds. The summed E-state index contributed by atoms with van der Waals surface area (Å²) in [6.07, 6.45) is -0.948. The molecule has 9 heteroatoms. The fraction of sp³-hybridized carbons (Fsp3) is 0.382.